The molecular weight excluding hydrogens is 343 g/mol. The standard InChI is InChI=1S/C16H19FN6O3/c1-10(2)7-8-18-14-13(23(25)26)15(20-9-19-14)21-22-16(24)11-5-3-4-6-12(11)17/h3-6,9-10H,7-8H2,1-2H3,(H,22,24)(H2,18,19,20,21). The first kappa shape index (κ1) is 19.0. The lowest BCUT2D eigenvalue weighted by Crippen LogP contribution is -2.31. The van der Waals surface area contributed by atoms with E-state index in [-0.39, 0.29) is 17.2 Å². The highest BCUT2D eigenvalue weighted by molar-refractivity contribution is 5.95. The van der Waals surface area contributed by atoms with Gasteiger partial charge in [-0.15, -0.1) is 0 Å². The summed E-state index contributed by atoms with van der Waals surface area (Å²) in [5.41, 5.74) is 3.95. The second-order valence-corrected chi connectivity index (χ2v) is 5.84. The van der Waals surface area contributed by atoms with Crippen molar-refractivity contribution in [1.82, 2.24) is 15.4 Å². The first-order chi connectivity index (χ1) is 12.4. The monoisotopic (exact) mass is 362 g/mol. The molecule has 1 aromatic heterocycles. The van der Waals surface area contributed by atoms with Crippen LogP contribution in [0.2, 0.25) is 0 Å². The van der Waals surface area contributed by atoms with E-state index in [1.54, 1.807) is 0 Å². The van der Waals surface area contributed by atoms with Crippen molar-refractivity contribution in [2.24, 2.45) is 5.92 Å². The van der Waals surface area contributed by atoms with Gasteiger partial charge in [0.2, 0.25) is 11.6 Å². The smallest absolute Gasteiger partial charge is 0.354 e. The van der Waals surface area contributed by atoms with Gasteiger partial charge in [0.05, 0.1) is 10.5 Å². The van der Waals surface area contributed by atoms with Crippen LogP contribution >= 0.6 is 0 Å². The molecule has 0 saturated carbocycles. The molecule has 2 aromatic rings. The third-order valence-electron chi connectivity index (χ3n) is 3.43. The molecule has 0 aliphatic rings. The largest absolute Gasteiger partial charge is 0.364 e. The van der Waals surface area contributed by atoms with Crippen molar-refractivity contribution in [2.75, 3.05) is 17.3 Å². The highest BCUT2D eigenvalue weighted by Crippen LogP contribution is 2.28. The van der Waals surface area contributed by atoms with Gasteiger partial charge in [-0.05, 0) is 24.5 Å². The number of hydrogen-bond acceptors (Lipinski definition) is 7. The van der Waals surface area contributed by atoms with E-state index >= 15 is 0 Å². The van der Waals surface area contributed by atoms with Crippen molar-refractivity contribution in [2.45, 2.75) is 20.3 Å². The summed E-state index contributed by atoms with van der Waals surface area (Å²) in [4.78, 5) is 30.4. The fourth-order valence-corrected chi connectivity index (χ4v) is 2.08. The summed E-state index contributed by atoms with van der Waals surface area (Å²) in [6.07, 6.45) is 1.93. The Balaban J connectivity index is 2.14. The molecule has 0 spiro atoms. The summed E-state index contributed by atoms with van der Waals surface area (Å²) in [5.74, 6) is -1.25. The molecule has 138 valence electrons. The van der Waals surface area contributed by atoms with Crippen LogP contribution < -0.4 is 16.2 Å². The normalized spacial score (nSPS) is 10.5. The number of halogens is 1. The maximum atomic E-state index is 13.6. The average Bonchev–Trinajstić information content (AvgIpc) is 2.59. The Morgan fingerprint density at radius 3 is 2.62 bits per heavy atom. The van der Waals surface area contributed by atoms with Crippen LogP contribution in [0.25, 0.3) is 0 Å². The van der Waals surface area contributed by atoms with Gasteiger partial charge in [-0.1, -0.05) is 26.0 Å². The lowest BCUT2D eigenvalue weighted by Gasteiger charge is -2.11. The molecule has 0 aliphatic heterocycles. The summed E-state index contributed by atoms with van der Waals surface area (Å²) < 4.78 is 13.6. The Morgan fingerprint density at radius 1 is 1.27 bits per heavy atom. The molecule has 1 aromatic carbocycles. The van der Waals surface area contributed by atoms with Gasteiger partial charge >= 0.3 is 5.69 Å². The van der Waals surface area contributed by atoms with Crippen LogP contribution in [0.4, 0.5) is 21.7 Å². The van der Waals surface area contributed by atoms with Crippen LogP contribution in [0, 0.1) is 21.8 Å². The number of amides is 1. The molecule has 0 saturated heterocycles. The SMILES string of the molecule is CC(C)CCNc1ncnc(NNC(=O)c2ccccc2F)c1[N+](=O)[O-]. The number of aromatic nitrogens is 2. The minimum atomic E-state index is -0.787. The van der Waals surface area contributed by atoms with Gasteiger partial charge in [-0.2, -0.15) is 0 Å². The second-order valence-electron chi connectivity index (χ2n) is 5.84. The van der Waals surface area contributed by atoms with Crippen LogP contribution in [0.5, 0.6) is 0 Å². The number of carbonyl (C=O) groups excluding carboxylic acids is 1. The molecule has 0 atom stereocenters. The molecule has 26 heavy (non-hydrogen) atoms. The molecule has 0 unspecified atom stereocenters. The third kappa shape index (κ3) is 4.85. The molecule has 2 rings (SSSR count). The van der Waals surface area contributed by atoms with Crippen molar-refractivity contribution in [3.63, 3.8) is 0 Å². The van der Waals surface area contributed by atoms with E-state index in [9.17, 15) is 19.3 Å². The number of rotatable bonds is 8. The Kier molecular flexibility index (Phi) is 6.36. The molecule has 0 bridgehead atoms. The molecule has 0 radical (unpaired) electrons. The molecule has 3 N–H and O–H groups in total. The van der Waals surface area contributed by atoms with Gasteiger partial charge in [0.1, 0.15) is 12.1 Å². The lowest BCUT2D eigenvalue weighted by atomic mass is 10.1. The van der Waals surface area contributed by atoms with Crippen LogP contribution in [-0.2, 0) is 0 Å². The molecule has 10 heteroatoms. The van der Waals surface area contributed by atoms with Crippen molar-refractivity contribution < 1.29 is 14.1 Å². The minimum Gasteiger partial charge on any atom is -0.364 e. The fourth-order valence-electron chi connectivity index (χ4n) is 2.08. The number of nitrogens with zero attached hydrogens (tertiary/aromatic N) is 3. The van der Waals surface area contributed by atoms with Gasteiger partial charge in [-0.3, -0.25) is 25.8 Å². The first-order valence-electron chi connectivity index (χ1n) is 7.94. The Hall–Kier alpha value is -3.30. The molecule has 0 aliphatic carbocycles. The third-order valence-corrected chi connectivity index (χ3v) is 3.43. The molecule has 1 heterocycles. The Bertz CT molecular complexity index is 799. The summed E-state index contributed by atoms with van der Waals surface area (Å²) in [6, 6.07) is 5.38. The number of benzene rings is 1. The summed E-state index contributed by atoms with van der Waals surface area (Å²) in [6.45, 7) is 4.55. The average molecular weight is 362 g/mol. The lowest BCUT2D eigenvalue weighted by molar-refractivity contribution is -0.383. The zero-order valence-corrected chi connectivity index (χ0v) is 14.3. The van der Waals surface area contributed by atoms with Crippen LogP contribution in [0.3, 0.4) is 0 Å². The molecule has 1 amide bonds. The molecule has 9 nitrogen and oxygen atoms in total. The zero-order chi connectivity index (χ0) is 19.1. The predicted octanol–water partition coefficient (Wildman–Crippen LogP) is 2.74. The number of hydrogen-bond donors (Lipinski definition) is 3. The number of carbonyl (C=O) groups is 1. The topological polar surface area (TPSA) is 122 Å². The van der Waals surface area contributed by atoms with Gasteiger partial charge < -0.3 is 5.32 Å². The fraction of sp³-hybridized carbons (Fsp3) is 0.312. The minimum absolute atomic E-state index is 0.0355. The Morgan fingerprint density at radius 2 is 1.96 bits per heavy atom. The van der Waals surface area contributed by atoms with Gasteiger partial charge in [0, 0.05) is 6.54 Å². The van der Waals surface area contributed by atoms with Gasteiger partial charge in [0.15, 0.2) is 0 Å². The number of hydrazine groups is 1. The van der Waals surface area contributed by atoms with Crippen molar-refractivity contribution in [1.29, 1.82) is 0 Å². The van der Waals surface area contributed by atoms with Gasteiger partial charge in [0.25, 0.3) is 5.91 Å². The molecule has 0 fully saturated rings. The maximum absolute atomic E-state index is 13.6. The van der Waals surface area contributed by atoms with E-state index in [0.717, 1.165) is 18.8 Å². The van der Waals surface area contributed by atoms with E-state index in [1.807, 2.05) is 13.8 Å². The summed E-state index contributed by atoms with van der Waals surface area (Å²) >= 11 is 0. The van der Waals surface area contributed by atoms with Crippen molar-refractivity contribution >= 4 is 23.2 Å². The van der Waals surface area contributed by atoms with Crippen molar-refractivity contribution in [3.8, 4) is 0 Å². The van der Waals surface area contributed by atoms with Crippen LogP contribution in [0.1, 0.15) is 30.6 Å². The number of anilines is 2. The first-order valence-corrected chi connectivity index (χ1v) is 7.94. The maximum Gasteiger partial charge on any atom is 0.354 e. The highest BCUT2D eigenvalue weighted by Gasteiger charge is 2.23. The van der Waals surface area contributed by atoms with Crippen LogP contribution in [-0.4, -0.2) is 27.3 Å². The van der Waals surface area contributed by atoms with E-state index < -0.39 is 22.3 Å². The number of nitrogens with one attached hydrogen (secondary N) is 3. The van der Waals surface area contributed by atoms with E-state index in [0.29, 0.717) is 12.5 Å². The van der Waals surface area contributed by atoms with E-state index in [1.165, 1.54) is 18.2 Å². The Labute approximate surface area is 149 Å². The summed E-state index contributed by atoms with van der Waals surface area (Å²) in [7, 11) is 0. The molecular formula is C16H19FN6O3. The second kappa shape index (κ2) is 8.70. The quantitative estimate of drug-likeness (QED) is 0.487. The number of nitro groups is 1. The predicted molar refractivity (Wildman–Crippen MR) is 94.1 cm³/mol. The van der Waals surface area contributed by atoms with Gasteiger partial charge in [-0.25, -0.2) is 14.4 Å². The zero-order valence-electron chi connectivity index (χ0n) is 14.3. The van der Waals surface area contributed by atoms with E-state index in [2.05, 4.69) is 26.1 Å². The van der Waals surface area contributed by atoms with E-state index in [4.69, 9.17) is 0 Å². The highest BCUT2D eigenvalue weighted by atomic mass is 19.1. The van der Waals surface area contributed by atoms with Crippen LogP contribution in [0.15, 0.2) is 30.6 Å². The summed E-state index contributed by atoms with van der Waals surface area (Å²) in [5, 5.41) is 14.3. The van der Waals surface area contributed by atoms with Crippen molar-refractivity contribution in [3.05, 3.63) is 52.1 Å².